The van der Waals surface area contributed by atoms with Crippen LogP contribution in [0.25, 0.3) is 44.6 Å². The largest absolute Gasteiger partial charge is 0.397 e. The fourth-order valence-corrected chi connectivity index (χ4v) is 5.81. The van der Waals surface area contributed by atoms with Crippen molar-refractivity contribution >= 4 is 17.1 Å². The first kappa shape index (κ1) is 30.9. The van der Waals surface area contributed by atoms with Gasteiger partial charge in [0.15, 0.2) is 0 Å². The first-order valence-electron chi connectivity index (χ1n) is 16.0. The van der Waals surface area contributed by atoms with Crippen LogP contribution in [0.1, 0.15) is 52.7 Å². The quantitative estimate of drug-likeness (QED) is 0.187. The Balaban J connectivity index is 1.44. The molecule has 6 rings (SSSR count). The summed E-state index contributed by atoms with van der Waals surface area (Å²) in [6.45, 7) is 13.5. The summed E-state index contributed by atoms with van der Waals surface area (Å²) in [6.07, 6.45) is 1.90. The molecule has 0 aliphatic heterocycles. The van der Waals surface area contributed by atoms with Crippen molar-refractivity contribution in [2.24, 2.45) is 0 Å². The van der Waals surface area contributed by atoms with E-state index >= 15 is 0 Å². The van der Waals surface area contributed by atoms with Gasteiger partial charge in [0.1, 0.15) is 0 Å². The maximum Gasteiger partial charge on any atom is 0.0708 e. The molecular weight excluding hydrogens is 558 g/mol. The van der Waals surface area contributed by atoms with E-state index in [1.54, 1.807) is 0 Å². The summed E-state index contributed by atoms with van der Waals surface area (Å²) in [4.78, 5) is 4.81. The van der Waals surface area contributed by atoms with Crippen molar-refractivity contribution in [3.63, 3.8) is 0 Å². The zero-order chi connectivity index (χ0) is 32.5. The van der Waals surface area contributed by atoms with Gasteiger partial charge < -0.3 is 11.1 Å². The summed E-state index contributed by atoms with van der Waals surface area (Å²) in [5, 5.41) is 3.71. The Hall–Kier alpha value is -5.15. The molecule has 0 atom stereocenters. The van der Waals surface area contributed by atoms with Crippen LogP contribution in [0.4, 0.5) is 17.1 Å². The number of nitrogens with one attached hydrogen (secondary N) is 1. The molecule has 1 heterocycles. The SMILES string of the molecule is CC(C)(C)c1cc(-c2cc(-c3ccccc3)ccn2)cc(-c2cccc(Nc3ccc(C(C)(C)C)cc3-c3ccccc3)c2N)c1. The average molecular weight is 602 g/mol. The third-order valence-corrected chi connectivity index (χ3v) is 8.62. The van der Waals surface area contributed by atoms with Crippen LogP contribution in [0.15, 0.2) is 134 Å². The summed E-state index contributed by atoms with van der Waals surface area (Å²) >= 11 is 0. The summed E-state index contributed by atoms with van der Waals surface area (Å²) in [5.41, 5.74) is 20.8. The number of nitrogen functional groups attached to an aromatic ring is 1. The van der Waals surface area contributed by atoms with Gasteiger partial charge in [-0.3, -0.25) is 4.98 Å². The van der Waals surface area contributed by atoms with E-state index in [-0.39, 0.29) is 10.8 Å². The predicted molar refractivity (Wildman–Crippen MR) is 198 cm³/mol. The second-order valence-electron chi connectivity index (χ2n) is 14.1. The highest BCUT2D eigenvalue weighted by Crippen LogP contribution is 2.40. The highest BCUT2D eigenvalue weighted by molar-refractivity contribution is 5.91. The molecule has 3 N–H and O–H groups in total. The molecule has 0 bridgehead atoms. The van der Waals surface area contributed by atoms with Crippen LogP contribution in [0, 0.1) is 0 Å². The third kappa shape index (κ3) is 6.60. The summed E-state index contributed by atoms with van der Waals surface area (Å²) in [5.74, 6) is 0. The number of hydrogen-bond donors (Lipinski definition) is 2. The molecule has 5 aromatic carbocycles. The van der Waals surface area contributed by atoms with E-state index in [1.807, 2.05) is 12.3 Å². The number of benzene rings is 5. The first-order chi connectivity index (χ1) is 22.0. The van der Waals surface area contributed by atoms with Gasteiger partial charge in [-0.2, -0.15) is 0 Å². The topological polar surface area (TPSA) is 50.9 Å². The van der Waals surface area contributed by atoms with Crippen molar-refractivity contribution in [1.82, 2.24) is 4.98 Å². The molecule has 0 fully saturated rings. The fraction of sp³-hybridized carbons (Fsp3) is 0.186. The van der Waals surface area contributed by atoms with E-state index in [1.165, 1.54) is 22.3 Å². The number of anilines is 3. The van der Waals surface area contributed by atoms with Crippen LogP contribution in [-0.2, 0) is 10.8 Å². The minimum absolute atomic E-state index is 0.0340. The molecule has 0 radical (unpaired) electrons. The monoisotopic (exact) mass is 601 g/mol. The Labute approximate surface area is 274 Å². The number of pyridine rings is 1. The Bertz CT molecular complexity index is 1980. The van der Waals surface area contributed by atoms with Gasteiger partial charge in [0, 0.05) is 28.6 Å². The molecule has 6 aromatic rings. The molecule has 0 saturated carbocycles. The van der Waals surface area contributed by atoms with Crippen LogP contribution < -0.4 is 11.1 Å². The van der Waals surface area contributed by atoms with E-state index in [9.17, 15) is 0 Å². The summed E-state index contributed by atoms with van der Waals surface area (Å²) in [7, 11) is 0. The van der Waals surface area contributed by atoms with Crippen LogP contribution >= 0.6 is 0 Å². The van der Waals surface area contributed by atoms with Crippen molar-refractivity contribution in [2.45, 2.75) is 52.4 Å². The minimum atomic E-state index is -0.0637. The Morgan fingerprint density at radius 3 is 1.80 bits per heavy atom. The lowest BCUT2D eigenvalue weighted by Gasteiger charge is -2.23. The zero-order valence-electron chi connectivity index (χ0n) is 27.7. The smallest absolute Gasteiger partial charge is 0.0708 e. The molecular formula is C43H43N3. The van der Waals surface area contributed by atoms with Crippen molar-refractivity contribution < 1.29 is 0 Å². The van der Waals surface area contributed by atoms with Gasteiger partial charge in [0.2, 0.25) is 0 Å². The standard InChI is InChI=1S/C43H43N3/c1-42(2,3)34-20-21-38(37(28-34)30-16-11-8-12-17-30)46-39-19-13-18-36(41(39)44)32-24-33(26-35(25-32)43(4,5)6)40-27-31(22-23-45-40)29-14-9-7-10-15-29/h7-28,46H,44H2,1-6H3. The lowest BCUT2D eigenvalue weighted by atomic mass is 9.83. The van der Waals surface area contributed by atoms with E-state index < -0.39 is 0 Å². The Morgan fingerprint density at radius 2 is 1.13 bits per heavy atom. The molecule has 0 saturated heterocycles. The van der Waals surface area contributed by atoms with Gasteiger partial charge in [0.25, 0.3) is 0 Å². The van der Waals surface area contributed by atoms with E-state index in [4.69, 9.17) is 10.7 Å². The molecule has 0 aliphatic rings. The summed E-state index contributed by atoms with van der Waals surface area (Å²) in [6, 6.07) is 44.9. The number of aromatic nitrogens is 1. The highest BCUT2D eigenvalue weighted by Gasteiger charge is 2.20. The zero-order valence-corrected chi connectivity index (χ0v) is 27.7. The van der Waals surface area contributed by atoms with Crippen LogP contribution in [0.3, 0.4) is 0 Å². The van der Waals surface area contributed by atoms with Crippen molar-refractivity contribution in [1.29, 1.82) is 0 Å². The van der Waals surface area contributed by atoms with Gasteiger partial charge in [-0.1, -0.05) is 126 Å². The lowest BCUT2D eigenvalue weighted by molar-refractivity contribution is 0.590. The predicted octanol–water partition coefficient (Wildman–Crippen LogP) is 11.7. The molecule has 0 aliphatic carbocycles. The van der Waals surface area contributed by atoms with Crippen LogP contribution in [0.2, 0.25) is 0 Å². The van der Waals surface area contributed by atoms with E-state index in [0.29, 0.717) is 5.69 Å². The highest BCUT2D eigenvalue weighted by atomic mass is 14.9. The molecule has 0 unspecified atom stereocenters. The molecule has 46 heavy (non-hydrogen) atoms. The summed E-state index contributed by atoms with van der Waals surface area (Å²) < 4.78 is 0. The van der Waals surface area contributed by atoms with Crippen molar-refractivity contribution in [3.05, 3.63) is 145 Å². The first-order valence-corrected chi connectivity index (χ1v) is 16.0. The number of nitrogens with two attached hydrogens (primary N) is 1. The van der Waals surface area contributed by atoms with Gasteiger partial charge in [-0.15, -0.1) is 0 Å². The van der Waals surface area contributed by atoms with Gasteiger partial charge in [-0.05, 0) is 86.7 Å². The molecule has 0 amide bonds. The van der Waals surface area contributed by atoms with E-state index in [0.717, 1.165) is 44.9 Å². The van der Waals surface area contributed by atoms with Crippen LogP contribution in [0.5, 0.6) is 0 Å². The molecule has 230 valence electrons. The normalized spacial score (nSPS) is 11.8. The molecule has 0 spiro atoms. The second-order valence-corrected chi connectivity index (χ2v) is 14.1. The number of nitrogens with zero attached hydrogens (tertiary/aromatic N) is 1. The average Bonchev–Trinajstić information content (AvgIpc) is 3.05. The van der Waals surface area contributed by atoms with Crippen LogP contribution in [-0.4, -0.2) is 4.98 Å². The lowest BCUT2D eigenvalue weighted by Crippen LogP contribution is -2.12. The maximum atomic E-state index is 7.02. The Kier molecular flexibility index (Phi) is 8.27. The second kappa shape index (κ2) is 12.3. The minimum Gasteiger partial charge on any atom is -0.397 e. The van der Waals surface area contributed by atoms with Gasteiger partial charge in [-0.25, -0.2) is 0 Å². The third-order valence-electron chi connectivity index (χ3n) is 8.62. The number of hydrogen-bond acceptors (Lipinski definition) is 3. The fourth-order valence-electron chi connectivity index (χ4n) is 5.81. The number of rotatable bonds is 6. The van der Waals surface area contributed by atoms with Gasteiger partial charge >= 0.3 is 0 Å². The molecule has 3 heteroatoms. The maximum absolute atomic E-state index is 7.02. The van der Waals surface area contributed by atoms with Crippen molar-refractivity contribution in [3.8, 4) is 44.6 Å². The van der Waals surface area contributed by atoms with E-state index in [2.05, 4.69) is 168 Å². The number of para-hydroxylation sites is 1. The molecule has 1 aromatic heterocycles. The van der Waals surface area contributed by atoms with Crippen molar-refractivity contribution in [2.75, 3.05) is 11.1 Å². The Morgan fingerprint density at radius 1 is 0.478 bits per heavy atom. The molecule has 3 nitrogen and oxygen atoms in total. The van der Waals surface area contributed by atoms with Gasteiger partial charge in [0.05, 0.1) is 17.1 Å².